The second-order valence-electron chi connectivity index (χ2n) is 3.90. The van der Waals surface area contributed by atoms with Crippen molar-refractivity contribution < 1.29 is 9.18 Å². The molecule has 0 radical (unpaired) electrons. The highest BCUT2D eigenvalue weighted by Gasteiger charge is 2.10. The summed E-state index contributed by atoms with van der Waals surface area (Å²) in [6, 6.07) is 11.7. The summed E-state index contributed by atoms with van der Waals surface area (Å²) < 4.78 is 14.1. The maximum absolute atomic E-state index is 13.4. The second-order valence-corrected chi connectivity index (χ2v) is 4.75. The van der Waals surface area contributed by atoms with Gasteiger partial charge in [-0.3, -0.25) is 4.79 Å². The van der Waals surface area contributed by atoms with Gasteiger partial charge in [0.25, 0.3) is 5.91 Å². The van der Waals surface area contributed by atoms with Gasteiger partial charge in [0.05, 0.1) is 5.56 Å². The van der Waals surface area contributed by atoms with E-state index >= 15 is 0 Å². The first-order chi connectivity index (χ1) is 8.58. The van der Waals surface area contributed by atoms with Crippen molar-refractivity contribution >= 4 is 27.5 Å². The summed E-state index contributed by atoms with van der Waals surface area (Å²) >= 11 is 3.30. The molecule has 18 heavy (non-hydrogen) atoms. The van der Waals surface area contributed by atoms with E-state index in [2.05, 4.69) is 21.2 Å². The van der Waals surface area contributed by atoms with Gasteiger partial charge in [-0.25, -0.2) is 4.39 Å². The van der Waals surface area contributed by atoms with Gasteiger partial charge in [-0.05, 0) is 52.7 Å². The molecule has 1 amide bonds. The van der Waals surface area contributed by atoms with Crippen LogP contribution in [-0.4, -0.2) is 5.91 Å². The Kier molecular flexibility index (Phi) is 3.77. The monoisotopic (exact) mass is 307 g/mol. The Labute approximate surface area is 113 Å². The van der Waals surface area contributed by atoms with Crippen LogP contribution in [0.1, 0.15) is 15.9 Å². The fourth-order valence-corrected chi connectivity index (χ4v) is 1.98. The first kappa shape index (κ1) is 12.8. The number of halogens is 2. The molecular formula is C14H11BrFNO. The number of carbonyl (C=O) groups excluding carboxylic acids is 1. The van der Waals surface area contributed by atoms with Crippen LogP contribution in [-0.2, 0) is 0 Å². The molecule has 0 aliphatic rings. The first-order valence-corrected chi connectivity index (χ1v) is 6.19. The van der Waals surface area contributed by atoms with E-state index in [-0.39, 0.29) is 11.7 Å². The van der Waals surface area contributed by atoms with Crippen LogP contribution < -0.4 is 5.32 Å². The average molecular weight is 308 g/mol. The molecule has 2 aromatic rings. The molecule has 0 spiro atoms. The van der Waals surface area contributed by atoms with E-state index in [4.69, 9.17) is 0 Å². The molecule has 0 aliphatic heterocycles. The number of amides is 1. The summed E-state index contributed by atoms with van der Waals surface area (Å²) in [5, 5.41) is 2.66. The highest BCUT2D eigenvalue weighted by atomic mass is 79.9. The van der Waals surface area contributed by atoms with Crippen LogP contribution in [0.4, 0.5) is 10.1 Å². The highest BCUT2D eigenvalue weighted by molar-refractivity contribution is 9.10. The standard InChI is InChI=1S/C14H11BrFNO/c1-9-6-7-10(8-13(9)16)17-14(18)11-4-2-3-5-12(11)15/h2-8H,1H3,(H,17,18). The number of benzene rings is 2. The smallest absolute Gasteiger partial charge is 0.256 e. The summed E-state index contributed by atoms with van der Waals surface area (Å²) in [5.41, 5.74) is 1.51. The molecule has 0 saturated carbocycles. The molecule has 0 fully saturated rings. The maximum atomic E-state index is 13.4. The van der Waals surface area contributed by atoms with Crippen molar-refractivity contribution in [3.05, 3.63) is 63.9 Å². The van der Waals surface area contributed by atoms with Gasteiger partial charge < -0.3 is 5.32 Å². The fourth-order valence-electron chi connectivity index (χ4n) is 1.51. The average Bonchev–Trinajstić information content (AvgIpc) is 2.34. The van der Waals surface area contributed by atoms with Crippen LogP contribution >= 0.6 is 15.9 Å². The minimum atomic E-state index is -0.333. The number of hydrogen-bond acceptors (Lipinski definition) is 1. The van der Waals surface area contributed by atoms with Crippen molar-refractivity contribution in [1.82, 2.24) is 0 Å². The van der Waals surface area contributed by atoms with Crippen molar-refractivity contribution in [3.8, 4) is 0 Å². The molecule has 0 aromatic heterocycles. The van der Waals surface area contributed by atoms with Crippen LogP contribution in [0.2, 0.25) is 0 Å². The Morgan fingerprint density at radius 1 is 1.22 bits per heavy atom. The zero-order valence-corrected chi connectivity index (χ0v) is 11.3. The molecule has 92 valence electrons. The van der Waals surface area contributed by atoms with E-state index in [0.29, 0.717) is 21.3 Å². The number of hydrogen-bond donors (Lipinski definition) is 1. The molecule has 0 heterocycles. The number of anilines is 1. The summed E-state index contributed by atoms with van der Waals surface area (Å²) in [6.07, 6.45) is 0. The zero-order valence-electron chi connectivity index (χ0n) is 9.71. The molecule has 0 atom stereocenters. The van der Waals surface area contributed by atoms with Gasteiger partial charge in [0, 0.05) is 10.2 Å². The Morgan fingerprint density at radius 2 is 1.94 bits per heavy atom. The third kappa shape index (κ3) is 2.76. The van der Waals surface area contributed by atoms with Crippen molar-refractivity contribution in [2.75, 3.05) is 5.32 Å². The Bertz CT molecular complexity index is 598. The van der Waals surface area contributed by atoms with Gasteiger partial charge in [0.15, 0.2) is 0 Å². The first-order valence-electron chi connectivity index (χ1n) is 5.40. The Morgan fingerprint density at radius 3 is 2.61 bits per heavy atom. The van der Waals surface area contributed by atoms with Gasteiger partial charge in [-0.1, -0.05) is 18.2 Å². The minimum Gasteiger partial charge on any atom is -0.322 e. The van der Waals surface area contributed by atoms with E-state index in [1.165, 1.54) is 6.07 Å². The van der Waals surface area contributed by atoms with Crippen molar-refractivity contribution in [2.24, 2.45) is 0 Å². The van der Waals surface area contributed by atoms with E-state index in [9.17, 15) is 9.18 Å². The topological polar surface area (TPSA) is 29.1 Å². The minimum absolute atomic E-state index is 0.272. The van der Waals surface area contributed by atoms with Crippen LogP contribution in [0, 0.1) is 12.7 Å². The maximum Gasteiger partial charge on any atom is 0.256 e. The quantitative estimate of drug-likeness (QED) is 0.887. The molecule has 0 unspecified atom stereocenters. The van der Waals surface area contributed by atoms with Crippen LogP contribution in [0.3, 0.4) is 0 Å². The third-order valence-corrected chi connectivity index (χ3v) is 3.24. The van der Waals surface area contributed by atoms with Crippen LogP contribution in [0.15, 0.2) is 46.9 Å². The number of rotatable bonds is 2. The largest absolute Gasteiger partial charge is 0.322 e. The Balaban J connectivity index is 2.22. The third-order valence-electron chi connectivity index (χ3n) is 2.55. The van der Waals surface area contributed by atoms with E-state index in [1.54, 1.807) is 37.3 Å². The van der Waals surface area contributed by atoms with E-state index < -0.39 is 0 Å². The van der Waals surface area contributed by atoms with Crippen LogP contribution in [0.25, 0.3) is 0 Å². The highest BCUT2D eigenvalue weighted by Crippen LogP contribution is 2.19. The van der Waals surface area contributed by atoms with Gasteiger partial charge in [0.2, 0.25) is 0 Å². The summed E-state index contributed by atoms with van der Waals surface area (Å²) in [7, 11) is 0. The lowest BCUT2D eigenvalue weighted by Crippen LogP contribution is -2.12. The molecule has 2 rings (SSSR count). The number of aryl methyl sites for hydroxylation is 1. The van der Waals surface area contributed by atoms with Crippen molar-refractivity contribution in [2.45, 2.75) is 6.92 Å². The molecule has 4 heteroatoms. The SMILES string of the molecule is Cc1ccc(NC(=O)c2ccccc2Br)cc1F. The predicted molar refractivity (Wildman–Crippen MR) is 73.2 cm³/mol. The summed E-state index contributed by atoms with van der Waals surface area (Å²) in [6.45, 7) is 1.68. The zero-order chi connectivity index (χ0) is 13.1. The van der Waals surface area contributed by atoms with Crippen molar-refractivity contribution in [1.29, 1.82) is 0 Å². The number of carbonyl (C=O) groups is 1. The molecule has 0 saturated heterocycles. The molecule has 2 nitrogen and oxygen atoms in total. The van der Waals surface area contributed by atoms with Crippen LogP contribution in [0.5, 0.6) is 0 Å². The summed E-state index contributed by atoms with van der Waals surface area (Å²) in [4.78, 5) is 12.0. The van der Waals surface area contributed by atoms with Crippen molar-refractivity contribution in [3.63, 3.8) is 0 Å². The normalized spacial score (nSPS) is 10.2. The molecule has 0 bridgehead atoms. The van der Waals surface area contributed by atoms with E-state index in [1.807, 2.05) is 6.07 Å². The molecule has 0 aliphatic carbocycles. The Hall–Kier alpha value is -1.68. The van der Waals surface area contributed by atoms with Gasteiger partial charge in [-0.2, -0.15) is 0 Å². The van der Waals surface area contributed by atoms with Gasteiger partial charge in [-0.15, -0.1) is 0 Å². The fraction of sp³-hybridized carbons (Fsp3) is 0.0714. The molecular weight excluding hydrogens is 297 g/mol. The lowest BCUT2D eigenvalue weighted by atomic mass is 10.2. The second kappa shape index (κ2) is 5.31. The predicted octanol–water partition coefficient (Wildman–Crippen LogP) is 4.15. The van der Waals surface area contributed by atoms with Gasteiger partial charge in [0.1, 0.15) is 5.82 Å². The lowest BCUT2D eigenvalue weighted by molar-refractivity contribution is 0.102. The van der Waals surface area contributed by atoms with Gasteiger partial charge >= 0.3 is 0 Å². The molecule has 2 aromatic carbocycles. The molecule has 1 N–H and O–H groups in total. The van der Waals surface area contributed by atoms with E-state index in [0.717, 1.165) is 0 Å². The lowest BCUT2D eigenvalue weighted by Gasteiger charge is -2.07. The summed E-state index contributed by atoms with van der Waals surface area (Å²) in [5.74, 6) is -0.606. The number of nitrogens with one attached hydrogen (secondary N) is 1.